The molecule has 1 amide bonds. The molecule has 0 radical (unpaired) electrons. The van der Waals surface area contributed by atoms with E-state index in [9.17, 15) is 14.4 Å². The average molecular weight is 407 g/mol. The standard InChI is InChI=1S/C19H25N3O5S/c1-19(2,3)27-18(25)20-9-8-16(24)26-11-12-10-15(23)22-13-6-4-5-7-14(13)28-17(22)21-12/h10H,4-9,11H2,1-3H3,(H,20,25). The molecule has 0 atom stereocenters. The highest BCUT2D eigenvalue weighted by atomic mass is 32.1. The second-order valence-electron chi connectivity index (χ2n) is 7.72. The zero-order chi connectivity index (χ0) is 20.3. The van der Waals surface area contributed by atoms with Gasteiger partial charge in [0.25, 0.3) is 5.56 Å². The molecule has 0 saturated heterocycles. The lowest BCUT2D eigenvalue weighted by Crippen LogP contribution is -2.33. The second kappa shape index (κ2) is 8.30. The number of rotatable bonds is 5. The van der Waals surface area contributed by atoms with E-state index in [0.29, 0.717) is 10.7 Å². The molecule has 28 heavy (non-hydrogen) atoms. The van der Waals surface area contributed by atoms with Crippen LogP contribution in [-0.2, 0) is 33.7 Å². The molecule has 9 heteroatoms. The summed E-state index contributed by atoms with van der Waals surface area (Å²) < 4.78 is 11.9. The molecule has 8 nitrogen and oxygen atoms in total. The minimum Gasteiger partial charge on any atom is -0.459 e. The van der Waals surface area contributed by atoms with Crippen LogP contribution in [0.4, 0.5) is 4.79 Å². The maximum absolute atomic E-state index is 12.5. The maximum Gasteiger partial charge on any atom is 0.407 e. The van der Waals surface area contributed by atoms with Crippen molar-refractivity contribution in [2.75, 3.05) is 6.54 Å². The highest BCUT2D eigenvalue weighted by Crippen LogP contribution is 2.28. The molecule has 2 aromatic rings. The van der Waals surface area contributed by atoms with Gasteiger partial charge in [0.15, 0.2) is 4.96 Å². The van der Waals surface area contributed by atoms with Crippen molar-refractivity contribution in [1.29, 1.82) is 0 Å². The first kappa shape index (κ1) is 20.3. The first-order chi connectivity index (χ1) is 13.2. The van der Waals surface area contributed by atoms with Gasteiger partial charge in [0.1, 0.15) is 12.2 Å². The second-order valence-corrected chi connectivity index (χ2v) is 8.78. The van der Waals surface area contributed by atoms with Crippen molar-refractivity contribution in [2.24, 2.45) is 0 Å². The number of amides is 1. The maximum atomic E-state index is 12.5. The third-order valence-electron chi connectivity index (χ3n) is 4.19. The fraction of sp³-hybridized carbons (Fsp3) is 0.579. The number of carbonyl (C=O) groups excluding carboxylic acids is 2. The number of thiazole rings is 1. The highest BCUT2D eigenvalue weighted by molar-refractivity contribution is 7.17. The Hall–Kier alpha value is -2.42. The first-order valence-corrected chi connectivity index (χ1v) is 10.2. The van der Waals surface area contributed by atoms with Gasteiger partial charge in [-0.05, 0) is 46.5 Å². The summed E-state index contributed by atoms with van der Waals surface area (Å²) in [7, 11) is 0. The predicted molar refractivity (Wildman–Crippen MR) is 105 cm³/mol. The van der Waals surface area contributed by atoms with Crippen molar-refractivity contribution in [1.82, 2.24) is 14.7 Å². The number of alkyl carbamates (subject to hydrolysis) is 1. The van der Waals surface area contributed by atoms with E-state index in [1.807, 2.05) is 0 Å². The van der Waals surface area contributed by atoms with Crippen molar-refractivity contribution >= 4 is 28.4 Å². The molecule has 0 aliphatic heterocycles. The number of carbonyl (C=O) groups is 2. The number of hydrogen-bond acceptors (Lipinski definition) is 7. The predicted octanol–water partition coefficient (Wildman–Crippen LogP) is 2.59. The molecule has 1 N–H and O–H groups in total. The quantitative estimate of drug-likeness (QED) is 0.765. The first-order valence-electron chi connectivity index (χ1n) is 9.38. The number of aryl methyl sites for hydroxylation is 2. The molecule has 0 fully saturated rings. The summed E-state index contributed by atoms with van der Waals surface area (Å²) in [6.45, 7) is 5.33. The molecular formula is C19H25N3O5S. The summed E-state index contributed by atoms with van der Waals surface area (Å²) in [5.41, 5.74) is 0.767. The average Bonchev–Trinajstić information content (AvgIpc) is 2.97. The van der Waals surface area contributed by atoms with Gasteiger partial charge in [-0.15, -0.1) is 11.3 Å². The Bertz CT molecular complexity index is 941. The number of esters is 1. The minimum absolute atomic E-state index is 0.00771. The van der Waals surface area contributed by atoms with E-state index in [1.54, 1.807) is 25.2 Å². The van der Waals surface area contributed by atoms with Crippen molar-refractivity contribution in [2.45, 2.75) is 65.1 Å². The van der Waals surface area contributed by atoms with E-state index in [1.165, 1.54) is 22.3 Å². The van der Waals surface area contributed by atoms with Gasteiger partial charge in [-0.3, -0.25) is 14.0 Å². The van der Waals surface area contributed by atoms with Crippen molar-refractivity contribution in [3.8, 4) is 0 Å². The SMILES string of the molecule is CC(C)(C)OC(=O)NCCC(=O)OCc1cc(=O)n2c3c(sc2n1)CCCC3. The Morgan fingerprint density at radius 1 is 1.29 bits per heavy atom. The van der Waals surface area contributed by atoms with Crippen molar-refractivity contribution in [3.05, 3.63) is 32.7 Å². The normalized spacial score (nSPS) is 13.8. The highest BCUT2D eigenvalue weighted by Gasteiger charge is 2.19. The van der Waals surface area contributed by atoms with Crippen LogP contribution in [0.15, 0.2) is 10.9 Å². The van der Waals surface area contributed by atoms with Gasteiger partial charge in [-0.1, -0.05) is 0 Å². The number of nitrogens with one attached hydrogen (secondary N) is 1. The molecule has 3 rings (SSSR count). The van der Waals surface area contributed by atoms with E-state index < -0.39 is 17.7 Å². The third-order valence-corrected chi connectivity index (χ3v) is 5.34. The zero-order valence-electron chi connectivity index (χ0n) is 16.4. The Labute approximate surface area is 166 Å². The molecule has 152 valence electrons. The molecule has 0 aromatic carbocycles. The number of fused-ring (bicyclic) bond motifs is 3. The lowest BCUT2D eigenvalue weighted by molar-refractivity contribution is -0.144. The zero-order valence-corrected chi connectivity index (χ0v) is 17.2. The summed E-state index contributed by atoms with van der Waals surface area (Å²) in [6.07, 6.45) is 3.53. The van der Waals surface area contributed by atoms with Crippen LogP contribution in [-0.4, -0.2) is 33.6 Å². The summed E-state index contributed by atoms with van der Waals surface area (Å²) in [5.74, 6) is -0.483. The van der Waals surface area contributed by atoms with Gasteiger partial charge in [0.2, 0.25) is 0 Å². The molecule has 1 aliphatic carbocycles. The Balaban J connectivity index is 1.53. The molecular weight excluding hydrogens is 382 g/mol. The van der Waals surface area contributed by atoms with Crippen LogP contribution in [0.2, 0.25) is 0 Å². The van der Waals surface area contributed by atoms with Gasteiger partial charge >= 0.3 is 12.1 Å². The van der Waals surface area contributed by atoms with Crippen LogP contribution in [0, 0.1) is 0 Å². The summed E-state index contributed by atoms with van der Waals surface area (Å²) in [6, 6.07) is 1.42. The van der Waals surface area contributed by atoms with Crippen LogP contribution < -0.4 is 10.9 Å². The lowest BCUT2D eigenvalue weighted by atomic mass is 10.0. The van der Waals surface area contributed by atoms with E-state index in [2.05, 4.69) is 10.3 Å². The van der Waals surface area contributed by atoms with Crippen LogP contribution in [0.1, 0.15) is 56.3 Å². The largest absolute Gasteiger partial charge is 0.459 e. The Morgan fingerprint density at radius 3 is 2.79 bits per heavy atom. The monoisotopic (exact) mass is 407 g/mol. The minimum atomic E-state index is -0.593. The lowest BCUT2D eigenvalue weighted by Gasteiger charge is -2.19. The molecule has 1 aliphatic rings. The molecule has 0 bridgehead atoms. The molecule has 2 heterocycles. The van der Waals surface area contributed by atoms with Crippen molar-refractivity contribution in [3.63, 3.8) is 0 Å². The van der Waals surface area contributed by atoms with Gasteiger partial charge < -0.3 is 14.8 Å². The smallest absolute Gasteiger partial charge is 0.407 e. The fourth-order valence-corrected chi connectivity index (χ4v) is 4.26. The van der Waals surface area contributed by atoms with Crippen LogP contribution in [0.5, 0.6) is 0 Å². The topological polar surface area (TPSA) is 99.0 Å². The van der Waals surface area contributed by atoms with E-state index in [4.69, 9.17) is 9.47 Å². The van der Waals surface area contributed by atoms with Gasteiger partial charge in [-0.2, -0.15) is 0 Å². The van der Waals surface area contributed by atoms with E-state index in [0.717, 1.165) is 31.4 Å². The number of aromatic nitrogens is 2. The van der Waals surface area contributed by atoms with Gasteiger partial charge in [-0.25, -0.2) is 9.78 Å². The summed E-state index contributed by atoms with van der Waals surface area (Å²) in [5, 5.41) is 2.50. The van der Waals surface area contributed by atoms with E-state index >= 15 is 0 Å². The summed E-state index contributed by atoms with van der Waals surface area (Å²) in [4.78, 5) is 42.2. The van der Waals surface area contributed by atoms with Crippen LogP contribution >= 0.6 is 11.3 Å². The number of ether oxygens (including phenoxy) is 2. The van der Waals surface area contributed by atoms with Gasteiger partial charge in [0, 0.05) is 23.2 Å². The van der Waals surface area contributed by atoms with Crippen LogP contribution in [0.3, 0.4) is 0 Å². The molecule has 0 saturated carbocycles. The van der Waals surface area contributed by atoms with Crippen molar-refractivity contribution < 1.29 is 19.1 Å². The Kier molecular flexibility index (Phi) is 6.02. The third kappa shape index (κ3) is 5.09. The number of hydrogen-bond donors (Lipinski definition) is 1. The molecule has 0 spiro atoms. The fourth-order valence-electron chi connectivity index (χ4n) is 3.02. The van der Waals surface area contributed by atoms with E-state index in [-0.39, 0.29) is 25.1 Å². The van der Waals surface area contributed by atoms with Gasteiger partial charge in [0.05, 0.1) is 12.1 Å². The molecule has 0 unspecified atom stereocenters. The summed E-state index contributed by atoms with van der Waals surface area (Å²) >= 11 is 1.53. The molecule has 2 aromatic heterocycles. The Morgan fingerprint density at radius 2 is 2.04 bits per heavy atom. The number of nitrogens with zero attached hydrogens (tertiary/aromatic N) is 2. The van der Waals surface area contributed by atoms with Crippen LogP contribution in [0.25, 0.3) is 4.96 Å².